The van der Waals surface area contributed by atoms with Gasteiger partial charge in [-0.25, -0.2) is 4.98 Å². The second-order valence-electron chi connectivity index (χ2n) is 6.14. The second kappa shape index (κ2) is 5.15. The first-order valence-corrected chi connectivity index (χ1v) is 6.76. The van der Waals surface area contributed by atoms with Crippen LogP contribution in [-0.2, 0) is 0 Å². The zero-order valence-corrected chi connectivity index (χ0v) is 11.8. The number of aryl methyl sites for hydroxylation is 1. The van der Waals surface area contributed by atoms with E-state index >= 15 is 0 Å². The molecule has 1 N–H and O–H groups in total. The van der Waals surface area contributed by atoms with Crippen LogP contribution < -0.4 is 5.32 Å². The molecule has 1 aliphatic rings. The van der Waals surface area contributed by atoms with Gasteiger partial charge in [0.25, 0.3) is 5.69 Å². The van der Waals surface area contributed by atoms with Gasteiger partial charge in [-0.3, -0.25) is 10.1 Å². The molecule has 5 heteroatoms. The summed E-state index contributed by atoms with van der Waals surface area (Å²) in [5.74, 6) is 0.743. The Morgan fingerprint density at radius 3 is 2.53 bits per heavy atom. The maximum Gasteiger partial charge on any atom is 0.290 e. The minimum atomic E-state index is -0.394. The maximum absolute atomic E-state index is 10.7. The van der Waals surface area contributed by atoms with Crippen LogP contribution in [0.15, 0.2) is 12.1 Å². The van der Waals surface area contributed by atoms with Crippen LogP contribution in [0.4, 0.5) is 11.5 Å². The molecule has 0 radical (unpaired) electrons. The number of rotatable bonds is 3. The van der Waals surface area contributed by atoms with E-state index in [0.29, 0.717) is 17.2 Å². The molecule has 1 heterocycles. The molecule has 0 spiro atoms. The fraction of sp³-hybridized carbons (Fsp3) is 0.643. The minimum Gasteiger partial charge on any atom is -0.367 e. The molecule has 1 aromatic rings. The number of aromatic nitrogens is 1. The van der Waals surface area contributed by atoms with Gasteiger partial charge < -0.3 is 5.32 Å². The van der Waals surface area contributed by atoms with Gasteiger partial charge in [-0.1, -0.05) is 13.8 Å². The number of hydrogen-bond acceptors (Lipinski definition) is 4. The lowest BCUT2D eigenvalue weighted by Gasteiger charge is -2.34. The number of nitrogens with one attached hydrogen (secondary N) is 1. The largest absolute Gasteiger partial charge is 0.367 e. The lowest BCUT2D eigenvalue weighted by molar-refractivity contribution is -0.385. The van der Waals surface area contributed by atoms with E-state index in [1.807, 2.05) is 0 Å². The summed E-state index contributed by atoms with van der Waals surface area (Å²) in [4.78, 5) is 14.6. The third kappa shape index (κ3) is 3.43. The first-order valence-electron chi connectivity index (χ1n) is 6.76. The summed E-state index contributed by atoms with van der Waals surface area (Å²) in [6.45, 7) is 6.28. The van der Waals surface area contributed by atoms with Crippen LogP contribution in [0.5, 0.6) is 0 Å². The Bertz CT molecular complexity index is 476. The van der Waals surface area contributed by atoms with Crippen molar-refractivity contribution in [3.05, 3.63) is 27.9 Å². The molecule has 0 aromatic carbocycles. The lowest BCUT2D eigenvalue weighted by atomic mass is 9.75. The lowest BCUT2D eigenvalue weighted by Crippen LogP contribution is -2.30. The predicted molar refractivity (Wildman–Crippen MR) is 75.3 cm³/mol. The van der Waals surface area contributed by atoms with Gasteiger partial charge >= 0.3 is 0 Å². The molecule has 0 aliphatic heterocycles. The van der Waals surface area contributed by atoms with Crippen molar-refractivity contribution in [3.8, 4) is 0 Å². The number of pyridine rings is 1. The van der Waals surface area contributed by atoms with Gasteiger partial charge in [-0.2, -0.15) is 0 Å². The summed E-state index contributed by atoms with van der Waals surface area (Å²) in [5, 5.41) is 14.1. The zero-order valence-electron chi connectivity index (χ0n) is 11.8. The Balaban J connectivity index is 2.01. The van der Waals surface area contributed by atoms with E-state index in [-0.39, 0.29) is 5.69 Å². The van der Waals surface area contributed by atoms with Crippen molar-refractivity contribution in [1.82, 2.24) is 4.98 Å². The minimum absolute atomic E-state index is 0.0790. The highest BCUT2D eigenvalue weighted by molar-refractivity contribution is 5.45. The molecule has 19 heavy (non-hydrogen) atoms. The van der Waals surface area contributed by atoms with Crippen molar-refractivity contribution in [1.29, 1.82) is 0 Å². The van der Waals surface area contributed by atoms with E-state index in [0.717, 1.165) is 18.7 Å². The van der Waals surface area contributed by atoms with Crippen molar-refractivity contribution < 1.29 is 4.92 Å². The van der Waals surface area contributed by atoms with E-state index in [4.69, 9.17) is 0 Å². The summed E-state index contributed by atoms with van der Waals surface area (Å²) >= 11 is 0. The Morgan fingerprint density at radius 2 is 2.00 bits per heavy atom. The van der Waals surface area contributed by atoms with Crippen LogP contribution in [0.25, 0.3) is 0 Å². The van der Waals surface area contributed by atoms with Gasteiger partial charge in [0.05, 0.1) is 4.92 Å². The summed E-state index contributed by atoms with van der Waals surface area (Å²) in [7, 11) is 0. The van der Waals surface area contributed by atoms with Crippen LogP contribution >= 0.6 is 0 Å². The third-order valence-electron chi connectivity index (χ3n) is 3.95. The molecule has 1 aliphatic carbocycles. The van der Waals surface area contributed by atoms with Crippen LogP contribution in [0, 0.1) is 22.5 Å². The number of nitrogens with zero attached hydrogens (tertiary/aromatic N) is 2. The monoisotopic (exact) mass is 263 g/mol. The van der Waals surface area contributed by atoms with E-state index < -0.39 is 4.92 Å². The quantitative estimate of drug-likeness (QED) is 0.667. The fourth-order valence-corrected chi connectivity index (χ4v) is 2.58. The van der Waals surface area contributed by atoms with Crippen LogP contribution in [0.1, 0.15) is 45.2 Å². The molecule has 1 fully saturated rings. The van der Waals surface area contributed by atoms with E-state index in [9.17, 15) is 10.1 Å². The van der Waals surface area contributed by atoms with Gasteiger partial charge in [-0.05, 0) is 44.1 Å². The average Bonchev–Trinajstić information content (AvgIpc) is 2.31. The first-order chi connectivity index (χ1) is 8.87. The molecule has 1 aromatic heterocycles. The molecule has 104 valence electrons. The number of nitro groups is 1. The Labute approximate surface area is 113 Å². The van der Waals surface area contributed by atoms with E-state index in [1.165, 1.54) is 18.9 Å². The van der Waals surface area contributed by atoms with Gasteiger partial charge in [0, 0.05) is 12.1 Å². The Hall–Kier alpha value is -1.65. The molecule has 0 atom stereocenters. The molecule has 0 amide bonds. The molecule has 0 unspecified atom stereocenters. The van der Waals surface area contributed by atoms with Gasteiger partial charge in [-0.15, -0.1) is 0 Å². The summed E-state index contributed by atoms with van der Waals surface area (Å²) < 4.78 is 0. The molecule has 1 saturated carbocycles. The standard InChI is InChI=1S/C14H21N3O2/c1-10-12(17(18)19)4-5-13(15-10)16-11-6-8-14(2,3)9-7-11/h4-5,11H,6-9H2,1-3H3,(H,15,16). The van der Waals surface area contributed by atoms with Crippen LogP contribution in [0.2, 0.25) is 0 Å². The maximum atomic E-state index is 10.7. The van der Waals surface area contributed by atoms with Crippen molar-refractivity contribution in [2.45, 2.75) is 52.5 Å². The normalized spacial score (nSPS) is 19.1. The predicted octanol–water partition coefficient (Wildman–Crippen LogP) is 3.68. The summed E-state index contributed by atoms with van der Waals surface area (Å²) in [6, 6.07) is 3.66. The van der Waals surface area contributed by atoms with Crippen molar-refractivity contribution >= 4 is 11.5 Å². The van der Waals surface area contributed by atoms with Crippen LogP contribution in [-0.4, -0.2) is 15.9 Å². The van der Waals surface area contributed by atoms with Gasteiger partial charge in [0.15, 0.2) is 0 Å². The van der Waals surface area contributed by atoms with Gasteiger partial charge in [0.2, 0.25) is 0 Å². The summed E-state index contributed by atoms with van der Waals surface area (Å²) in [5.41, 5.74) is 0.984. The highest BCUT2D eigenvalue weighted by atomic mass is 16.6. The zero-order chi connectivity index (χ0) is 14.0. The molecular formula is C14H21N3O2. The molecule has 5 nitrogen and oxygen atoms in total. The van der Waals surface area contributed by atoms with Crippen molar-refractivity contribution in [3.63, 3.8) is 0 Å². The highest BCUT2D eigenvalue weighted by Gasteiger charge is 2.27. The Kier molecular flexibility index (Phi) is 3.73. The second-order valence-corrected chi connectivity index (χ2v) is 6.14. The molecule has 2 rings (SSSR count). The fourth-order valence-electron chi connectivity index (χ4n) is 2.58. The molecule has 0 saturated heterocycles. The SMILES string of the molecule is Cc1nc(NC2CCC(C)(C)CC2)ccc1[N+](=O)[O-]. The van der Waals surface area contributed by atoms with E-state index in [1.54, 1.807) is 13.0 Å². The van der Waals surface area contributed by atoms with Gasteiger partial charge in [0.1, 0.15) is 11.5 Å². The topological polar surface area (TPSA) is 68.1 Å². The third-order valence-corrected chi connectivity index (χ3v) is 3.95. The first kappa shape index (κ1) is 13.8. The smallest absolute Gasteiger partial charge is 0.290 e. The van der Waals surface area contributed by atoms with E-state index in [2.05, 4.69) is 24.1 Å². The molecule has 0 bridgehead atoms. The highest BCUT2D eigenvalue weighted by Crippen LogP contribution is 2.36. The number of anilines is 1. The Morgan fingerprint density at radius 1 is 1.37 bits per heavy atom. The number of hydrogen-bond donors (Lipinski definition) is 1. The van der Waals surface area contributed by atoms with Crippen molar-refractivity contribution in [2.75, 3.05) is 5.32 Å². The molecular weight excluding hydrogens is 242 g/mol. The summed E-state index contributed by atoms with van der Waals surface area (Å²) in [6.07, 6.45) is 4.67. The average molecular weight is 263 g/mol. The van der Waals surface area contributed by atoms with Crippen LogP contribution in [0.3, 0.4) is 0 Å². The van der Waals surface area contributed by atoms with Crippen molar-refractivity contribution in [2.24, 2.45) is 5.41 Å².